The average molecular weight is 185 g/mol. The SMILES string of the molecule is N#Cc1ccc(C2CCCC2=O)cc1. The van der Waals surface area contributed by atoms with E-state index in [1.807, 2.05) is 12.1 Å². The Labute approximate surface area is 83.2 Å². The molecule has 0 bridgehead atoms. The molecule has 1 fully saturated rings. The van der Waals surface area contributed by atoms with Gasteiger partial charge >= 0.3 is 0 Å². The van der Waals surface area contributed by atoms with E-state index in [1.165, 1.54) is 0 Å². The zero-order valence-corrected chi connectivity index (χ0v) is 7.86. The Morgan fingerprint density at radius 1 is 1.29 bits per heavy atom. The van der Waals surface area contributed by atoms with Crippen LogP contribution in [0.3, 0.4) is 0 Å². The maximum absolute atomic E-state index is 11.5. The van der Waals surface area contributed by atoms with Crippen LogP contribution in [0.15, 0.2) is 24.3 Å². The molecule has 0 heterocycles. The van der Waals surface area contributed by atoms with Gasteiger partial charge in [0.2, 0.25) is 0 Å². The molecular weight excluding hydrogens is 174 g/mol. The largest absolute Gasteiger partial charge is 0.299 e. The van der Waals surface area contributed by atoms with Crippen molar-refractivity contribution in [1.29, 1.82) is 5.26 Å². The van der Waals surface area contributed by atoms with Crippen molar-refractivity contribution in [2.24, 2.45) is 0 Å². The van der Waals surface area contributed by atoms with E-state index >= 15 is 0 Å². The summed E-state index contributed by atoms with van der Waals surface area (Å²) in [6, 6.07) is 9.42. The highest BCUT2D eigenvalue weighted by Crippen LogP contribution is 2.30. The van der Waals surface area contributed by atoms with Crippen LogP contribution in [0.25, 0.3) is 0 Å². The second kappa shape index (κ2) is 3.63. The summed E-state index contributed by atoms with van der Waals surface area (Å²) in [6.07, 6.45) is 2.68. The molecule has 1 unspecified atom stereocenters. The summed E-state index contributed by atoms with van der Waals surface area (Å²) in [6.45, 7) is 0. The number of carbonyl (C=O) groups excluding carboxylic acids is 1. The zero-order chi connectivity index (χ0) is 9.97. The van der Waals surface area contributed by atoms with Crippen LogP contribution >= 0.6 is 0 Å². The van der Waals surface area contributed by atoms with Crippen molar-refractivity contribution >= 4 is 5.78 Å². The highest BCUT2D eigenvalue weighted by molar-refractivity contribution is 5.87. The molecule has 1 aromatic carbocycles. The van der Waals surface area contributed by atoms with Crippen LogP contribution in [-0.4, -0.2) is 5.78 Å². The lowest BCUT2D eigenvalue weighted by molar-refractivity contribution is -0.118. The summed E-state index contributed by atoms with van der Waals surface area (Å²) in [7, 11) is 0. The molecule has 2 rings (SSSR count). The van der Waals surface area contributed by atoms with Crippen LogP contribution in [0.5, 0.6) is 0 Å². The fraction of sp³-hybridized carbons (Fsp3) is 0.333. The number of nitriles is 1. The van der Waals surface area contributed by atoms with Gasteiger partial charge in [-0.15, -0.1) is 0 Å². The Morgan fingerprint density at radius 3 is 2.50 bits per heavy atom. The maximum Gasteiger partial charge on any atom is 0.140 e. The van der Waals surface area contributed by atoms with E-state index in [0.29, 0.717) is 17.8 Å². The highest BCUT2D eigenvalue weighted by atomic mass is 16.1. The number of hydrogen-bond donors (Lipinski definition) is 0. The minimum atomic E-state index is 0.0859. The first-order chi connectivity index (χ1) is 6.81. The standard InChI is InChI=1S/C12H11NO/c13-8-9-4-6-10(7-5-9)11-2-1-3-12(11)14/h4-7,11H,1-3H2. The van der Waals surface area contributed by atoms with Gasteiger partial charge in [-0.1, -0.05) is 12.1 Å². The van der Waals surface area contributed by atoms with Crippen LogP contribution in [-0.2, 0) is 4.79 Å². The molecule has 1 atom stereocenters. The normalized spacial score (nSPS) is 20.8. The first kappa shape index (κ1) is 8.96. The Kier molecular flexibility index (Phi) is 2.32. The molecule has 0 aliphatic heterocycles. The molecule has 1 saturated carbocycles. The van der Waals surface area contributed by atoms with E-state index in [9.17, 15) is 4.79 Å². The zero-order valence-electron chi connectivity index (χ0n) is 7.86. The summed E-state index contributed by atoms with van der Waals surface area (Å²) in [4.78, 5) is 11.5. The van der Waals surface area contributed by atoms with Crippen molar-refractivity contribution in [3.8, 4) is 6.07 Å². The van der Waals surface area contributed by atoms with Crippen LogP contribution < -0.4 is 0 Å². The molecule has 0 saturated heterocycles. The fourth-order valence-corrected chi connectivity index (χ4v) is 1.96. The molecule has 2 heteroatoms. The second-order valence-corrected chi connectivity index (χ2v) is 3.64. The number of nitrogens with zero attached hydrogens (tertiary/aromatic N) is 1. The second-order valence-electron chi connectivity index (χ2n) is 3.64. The van der Waals surface area contributed by atoms with Crippen LogP contribution in [0, 0.1) is 11.3 Å². The molecule has 0 radical (unpaired) electrons. The topological polar surface area (TPSA) is 40.9 Å². The van der Waals surface area contributed by atoms with E-state index in [1.54, 1.807) is 12.1 Å². The Balaban J connectivity index is 2.25. The predicted molar refractivity (Wildman–Crippen MR) is 52.8 cm³/mol. The van der Waals surface area contributed by atoms with Gasteiger partial charge in [-0.2, -0.15) is 5.26 Å². The summed E-state index contributed by atoms with van der Waals surface area (Å²) >= 11 is 0. The van der Waals surface area contributed by atoms with Crippen LogP contribution in [0.4, 0.5) is 0 Å². The molecule has 1 aromatic rings. The van der Waals surface area contributed by atoms with Crippen molar-refractivity contribution in [1.82, 2.24) is 0 Å². The summed E-state index contributed by atoms with van der Waals surface area (Å²) < 4.78 is 0. The lowest BCUT2D eigenvalue weighted by Crippen LogP contribution is -2.03. The smallest absolute Gasteiger partial charge is 0.140 e. The minimum absolute atomic E-state index is 0.0859. The van der Waals surface area contributed by atoms with Gasteiger partial charge in [-0.05, 0) is 30.5 Å². The van der Waals surface area contributed by atoms with Crippen molar-refractivity contribution in [2.75, 3.05) is 0 Å². The summed E-state index contributed by atoms with van der Waals surface area (Å²) in [5.41, 5.74) is 1.71. The first-order valence-electron chi connectivity index (χ1n) is 4.84. The molecule has 0 aromatic heterocycles. The Bertz CT molecular complexity index is 386. The first-order valence-corrected chi connectivity index (χ1v) is 4.84. The molecule has 1 aliphatic rings. The van der Waals surface area contributed by atoms with E-state index in [2.05, 4.69) is 6.07 Å². The van der Waals surface area contributed by atoms with Gasteiger partial charge < -0.3 is 0 Å². The molecule has 0 spiro atoms. The lowest BCUT2D eigenvalue weighted by atomic mass is 9.96. The van der Waals surface area contributed by atoms with Crippen molar-refractivity contribution in [3.05, 3.63) is 35.4 Å². The van der Waals surface area contributed by atoms with Gasteiger partial charge in [0, 0.05) is 12.3 Å². The van der Waals surface area contributed by atoms with Crippen molar-refractivity contribution in [3.63, 3.8) is 0 Å². The summed E-state index contributed by atoms with van der Waals surface area (Å²) in [5, 5.41) is 8.63. The number of carbonyl (C=O) groups is 1. The van der Waals surface area contributed by atoms with E-state index in [-0.39, 0.29) is 5.92 Å². The fourth-order valence-electron chi connectivity index (χ4n) is 1.96. The minimum Gasteiger partial charge on any atom is -0.299 e. The highest BCUT2D eigenvalue weighted by Gasteiger charge is 2.25. The lowest BCUT2D eigenvalue weighted by Gasteiger charge is -2.07. The maximum atomic E-state index is 11.5. The number of Topliss-reactive ketones (excluding diaryl/α,β-unsaturated/α-hetero) is 1. The van der Waals surface area contributed by atoms with Gasteiger partial charge in [-0.25, -0.2) is 0 Å². The molecule has 1 aliphatic carbocycles. The van der Waals surface area contributed by atoms with Gasteiger partial charge in [0.05, 0.1) is 11.6 Å². The molecule has 0 N–H and O–H groups in total. The van der Waals surface area contributed by atoms with E-state index in [0.717, 1.165) is 18.4 Å². The molecular formula is C12H11NO. The van der Waals surface area contributed by atoms with Gasteiger partial charge in [0.25, 0.3) is 0 Å². The van der Waals surface area contributed by atoms with Crippen molar-refractivity contribution < 1.29 is 4.79 Å². The van der Waals surface area contributed by atoms with E-state index < -0.39 is 0 Å². The quantitative estimate of drug-likeness (QED) is 0.674. The van der Waals surface area contributed by atoms with Crippen molar-refractivity contribution in [2.45, 2.75) is 25.2 Å². The molecule has 0 amide bonds. The summed E-state index contributed by atoms with van der Waals surface area (Å²) in [5.74, 6) is 0.428. The number of ketones is 1. The van der Waals surface area contributed by atoms with Gasteiger partial charge in [0.1, 0.15) is 5.78 Å². The van der Waals surface area contributed by atoms with E-state index in [4.69, 9.17) is 5.26 Å². The number of benzene rings is 1. The van der Waals surface area contributed by atoms with Gasteiger partial charge in [-0.3, -0.25) is 4.79 Å². The Morgan fingerprint density at radius 2 is 2.00 bits per heavy atom. The third kappa shape index (κ3) is 1.54. The third-order valence-corrected chi connectivity index (χ3v) is 2.75. The monoisotopic (exact) mass is 185 g/mol. The third-order valence-electron chi connectivity index (χ3n) is 2.75. The van der Waals surface area contributed by atoms with Gasteiger partial charge in [0.15, 0.2) is 0 Å². The molecule has 14 heavy (non-hydrogen) atoms. The number of hydrogen-bond acceptors (Lipinski definition) is 2. The van der Waals surface area contributed by atoms with Crippen LogP contribution in [0.1, 0.15) is 36.3 Å². The molecule has 70 valence electrons. The predicted octanol–water partition coefficient (Wildman–Crippen LogP) is 2.39. The molecule has 2 nitrogen and oxygen atoms in total. The number of rotatable bonds is 1. The Hall–Kier alpha value is -1.62. The van der Waals surface area contributed by atoms with Crippen LogP contribution in [0.2, 0.25) is 0 Å². The average Bonchev–Trinajstić information content (AvgIpc) is 2.65.